The molecule has 0 radical (unpaired) electrons. The van der Waals surface area contributed by atoms with E-state index >= 15 is 0 Å². The van der Waals surface area contributed by atoms with Crippen LogP contribution in [0.15, 0.2) is 75.4 Å². The highest BCUT2D eigenvalue weighted by atomic mass is 79.9. The third-order valence-corrected chi connectivity index (χ3v) is 5.92. The summed E-state index contributed by atoms with van der Waals surface area (Å²) in [4.78, 5) is 22.6. The van der Waals surface area contributed by atoms with Crippen LogP contribution in [0.3, 0.4) is 0 Å². The van der Waals surface area contributed by atoms with Gasteiger partial charge in [-0.05, 0) is 43.7 Å². The molecule has 0 aliphatic heterocycles. The molecule has 33 heavy (non-hydrogen) atoms. The molecule has 0 unspecified atom stereocenters. The number of hydrogen-bond acceptors (Lipinski definition) is 7. The van der Waals surface area contributed by atoms with E-state index in [9.17, 15) is 14.9 Å². The molecule has 0 saturated heterocycles. The Morgan fingerprint density at radius 1 is 1.18 bits per heavy atom. The van der Waals surface area contributed by atoms with E-state index in [-0.39, 0.29) is 17.3 Å². The summed E-state index contributed by atoms with van der Waals surface area (Å²) in [7, 11) is 0. The third kappa shape index (κ3) is 6.59. The molecule has 1 aromatic heterocycles. The lowest BCUT2D eigenvalue weighted by atomic mass is 10.1. The van der Waals surface area contributed by atoms with Crippen molar-refractivity contribution < 1.29 is 9.72 Å². The number of thioether (sulfide) groups is 1. The smallest absolute Gasteiger partial charge is 0.269 e. The van der Waals surface area contributed by atoms with Crippen molar-refractivity contribution in [2.24, 2.45) is 5.10 Å². The van der Waals surface area contributed by atoms with Gasteiger partial charge >= 0.3 is 0 Å². The number of non-ortho nitro benzene ring substituents is 1. The molecular weight excluding hydrogens is 508 g/mol. The van der Waals surface area contributed by atoms with Crippen molar-refractivity contribution in [3.05, 3.63) is 80.8 Å². The van der Waals surface area contributed by atoms with E-state index in [0.717, 1.165) is 15.6 Å². The fourth-order valence-electron chi connectivity index (χ4n) is 2.82. The third-order valence-electron chi connectivity index (χ3n) is 4.42. The van der Waals surface area contributed by atoms with E-state index in [2.05, 4.69) is 43.2 Å². The summed E-state index contributed by atoms with van der Waals surface area (Å²) < 4.78 is 2.89. The average Bonchev–Trinajstić information content (AvgIpc) is 3.18. The second-order valence-electron chi connectivity index (χ2n) is 7.18. The van der Waals surface area contributed by atoms with E-state index in [1.165, 1.54) is 23.9 Å². The first-order chi connectivity index (χ1) is 15.7. The molecule has 170 valence electrons. The van der Waals surface area contributed by atoms with Gasteiger partial charge in [0.25, 0.3) is 11.6 Å². The molecule has 1 amide bonds. The Morgan fingerprint density at radius 2 is 1.85 bits per heavy atom. The number of aromatic nitrogens is 3. The van der Waals surface area contributed by atoms with Crippen LogP contribution in [0.1, 0.15) is 19.4 Å². The molecule has 11 heteroatoms. The number of halogens is 1. The maximum atomic E-state index is 12.3. The molecule has 0 aliphatic carbocycles. The first-order valence-corrected chi connectivity index (χ1v) is 11.6. The molecule has 0 bridgehead atoms. The van der Waals surface area contributed by atoms with Crippen molar-refractivity contribution in [1.82, 2.24) is 20.2 Å². The van der Waals surface area contributed by atoms with Gasteiger partial charge in [0, 0.05) is 28.7 Å². The Kier molecular flexibility index (Phi) is 8.12. The molecule has 1 heterocycles. The van der Waals surface area contributed by atoms with Crippen LogP contribution in [0.2, 0.25) is 0 Å². The summed E-state index contributed by atoms with van der Waals surface area (Å²) in [6.07, 6.45) is 0. The van der Waals surface area contributed by atoms with E-state index in [1.807, 2.05) is 35.8 Å². The van der Waals surface area contributed by atoms with Gasteiger partial charge in [0.05, 0.1) is 16.4 Å². The number of nitro benzene ring substituents is 1. The van der Waals surface area contributed by atoms with Crippen molar-refractivity contribution in [1.29, 1.82) is 0 Å². The Morgan fingerprint density at radius 3 is 2.45 bits per heavy atom. The summed E-state index contributed by atoms with van der Waals surface area (Å²) in [6.45, 7) is 8.14. The van der Waals surface area contributed by atoms with Gasteiger partial charge in [0.2, 0.25) is 0 Å². The maximum absolute atomic E-state index is 12.3. The fourth-order valence-corrected chi connectivity index (χ4v) is 3.81. The quantitative estimate of drug-likeness (QED) is 0.140. The SMILES string of the molecule is C=C(C)Cn1c(SCC(=O)NN=C(C)c2ccc([N+](=O)[O-])cc2)nnc1-c1ccc(Br)cc1. The Bertz CT molecular complexity index is 1210. The fraction of sp³-hybridized carbons (Fsp3) is 0.182. The molecule has 0 aliphatic rings. The predicted molar refractivity (Wildman–Crippen MR) is 132 cm³/mol. The lowest BCUT2D eigenvalue weighted by Crippen LogP contribution is -2.21. The van der Waals surface area contributed by atoms with Crippen LogP contribution in [0.25, 0.3) is 11.4 Å². The van der Waals surface area contributed by atoms with Gasteiger partial charge in [-0.15, -0.1) is 10.2 Å². The van der Waals surface area contributed by atoms with Crippen molar-refractivity contribution in [2.75, 3.05) is 5.75 Å². The Labute approximate surface area is 203 Å². The second kappa shape index (κ2) is 11.0. The number of carbonyl (C=O) groups excluding carboxylic acids is 1. The Balaban J connectivity index is 1.66. The second-order valence-corrected chi connectivity index (χ2v) is 9.04. The number of nitrogens with zero attached hydrogens (tertiary/aromatic N) is 5. The number of nitrogens with one attached hydrogen (secondary N) is 1. The van der Waals surface area contributed by atoms with Crippen LogP contribution in [-0.4, -0.2) is 37.1 Å². The number of allylic oxidation sites excluding steroid dienone is 1. The number of carbonyl (C=O) groups is 1. The molecule has 2 aromatic carbocycles. The van der Waals surface area contributed by atoms with Crippen LogP contribution in [0.5, 0.6) is 0 Å². The molecule has 1 N–H and O–H groups in total. The van der Waals surface area contributed by atoms with Crippen molar-refractivity contribution in [3.8, 4) is 11.4 Å². The summed E-state index contributed by atoms with van der Waals surface area (Å²) in [5.74, 6) is 0.475. The summed E-state index contributed by atoms with van der Waals surface area (Å²) in [5, 5.41) is 24.0. The number of nitro groups is 1. The van der Waals surface area contributed by atoms with Crippen molar-refractivity contribution in [2.45, 2.75) is 25.5 Å². The number of hydrazone groups is 1. The number of benzene rings is 2. The van der Waals surface area contributed by atoms with Crippen LogP contribution in [0, 0.1) is 10.1 Å². The first kappa shape index (κ1) is 24.3. The normalized spacial score (nSPS) is 11.3. The van der Waals surface area contributed by atoms with Crippen LogP contribution in [0.4, 0.5) is 5.69 Å². The lowest BCUT2D eigenvalue weighted by molar-refractivity contribution is -0.384. The average molecular weight is 529 g/mol. The van der Waals surface area contributed by atoms with Gasteiger partial charge in [-0.25, -0.2) is 5.43 Å². The number of hydrogen-bond donors (Lipinski definition) is 1. The zero-order valence-electron chi connectivity index (χ0n) is 18.0. The molecule has 0 spiro atoms. The largest absolute Gasteiger partial charge is 0.298 e. The number of amides is 1. The lowest BCUT2D eigenvalue weighted by Gasteiger charge is -2.10. The summed E-state index contributed by atoms with van der Waals surface area (Å²) in [5.41, 5.74) is 5.55. The van der Waals surface area contributed by atoms with Gasteiger partial charge in [-0.2, -0.15) is 5.10 Å². The predicted octanol–water partition coefficient (Wildman–Crippen LogP) is 4.82. The van der Waals surface area contributed by atoms with E-state index in [4.69, 9.17) is 0 Å². The van der Waals surface area contributed by atoms with Crippen LogP contribution >= 0.6 is 27.7 Å². The van der Waals surface area contributed by atoms with E-state index in [1.54, 1.807) is 19.1 Å². The van der Waals surface area contributed by atoms with Gasteiger partial charge in [-0.3, -0.25) is 19.5 Å². The van der Waals surface area contributed by atoms with Gasteiger partial charge in [-0.1, -0.05) is 52.0 Å². The van der Waals surface area contributed by atoms with Gasteiger partial charge in [0.15, 0.2) is 11.0 Å². The van der Waals surface area contributed by atoms with Crippen molar-refractivity contribution in [3.63, 3.8) is 0 Å². The minimum Gasteiger partial charge on any atom is -0.298 e. The maximum Gasteiger partial charge on any atom is 0.269 e. The highest BCUT2D eigenvalue weighted by Gasteiger charge is 2.16. The number of rotatable bonds is 9. The minimum atomic E-state index is -0.468. The summed E-state index contributed by atoms with van der Waals surface area (Å²) >= 11 is 4.68. The molecule has 3 rings (SSSR count). The monoisotopic (exact) mass is 528 g/mol. The van der Waals surface area contributed by atoms with Crippen LogP contribution in [-0.2, 0) is 11.3 Å². The first-order valence-electron chi connectivity index (χ1n) is 9.79. The molecule has 9 nitrogen and oxygen atoms in total. The van der Waals surface area contributed by atoms with Crippen molar-refractivity contribution >= 4 is 45.0 Å². The molecule has 0 atom stereocenters. The minimum absolute atomic E-state index is 0.00614. The van der Waals surface area contributed by atoms with E-state index < -0.39 is 4.92 Å². The van der Waals surface area contributed by atoms with Gasteiger partial charge in [0.1, 0.15) is 0 Å². The molecular formula is C22H21BrN6O3S. The van der Waals surface area contributed by atoms with Crippen LogP contribution < -0.4 is 5.43 Å². The zero-order valence-corrected chi connectivity index (χ0v) is 20.4. The summed E-state index contributed by atoms with van der Waals surface area (Å²) in [6, 6.07) is 13.7. The zero-order chi connectivity index (χ0) is 24.0. The Hall–Kier alpha value is -3.31. The highest BCUT2D eigenvalue weighted by molar-refractivity contribution is 9.10. The van der Waals surface area contributed by atoms with Gasteiger partial charge < -0.3 is 0 Å². The topological polar surface area (TPSA) is 115 Å². The standard InChI is InChI=1S/C22H21BrN6O3S/c1-14(2)12-28-21(17-4-8-18(23)9-5-17)26-27-22(28)33-13-20(30)25-24-15(3)16-6-10-19(11-7-16)29(31)32/h4-11H,1,12-13H2,2-3H3,(H,25,30). The van der Waals surface area contributed by atoms with E-state index in [0.29, 0.717) is 28.8 Å². The molecule has 0 fully saturated rings. The molecule has 3 aromatic rings. The highest BCUT2D eigenvalue weighted by Crippen LogP contribution is 2.26. The molecule has 0 saturated carbocycles.